The van der Waals surface area contributed by atoms with Gasteiger partial charge in [0.15, 0.2) is 0 Å². The van der Waals surface area contributed by atoms with Crippen molar-refractivity contribution < 1.29 is 4.79 Å². The summed E-state index contributed by atoms with van der Waals surface area (Å²) in [5.74, 6) is 0.861. The molecule has 0 saturated carbocycles. The summed E-state index contributed by atoms with van der Waals surface area (Å²) in [5.41, 5.74) is 2.61. The molecular weight excluding hydrogens is 316 g/mol. The maximum absolute atomic E-state index is 12.2. The molecule has 3 rings (SSSR count). The number of nitrogens with one attached hydrogen (secondary N) is 2. The number of fused-ring (bicyclic) bond motifs is 1. The largest absolute Gasteiger partial charge is 0.363 e. The predicted molar refractivity (Wildman–Crippen MR) is 99.8 cm³/mol. The highest BCUT2D eigenvalue weighted by molar-refractivity contribution is 5.90. The molecule has 0 radical (unpaired) electrons. The van der Waals surface area contributed by atoms with Crippen LogP contribution in [0.1, 0.15) is 12.5 Å². The lowest BCUT2D eigenvalue weighted by molar-refractivity contribution is 0.252. The summed E-state index contributed by atoms with van der Waals surface area (Å²) in [7, 11) is 3.90. The van der Waals surface area contributed by atoms with E-state index >= 15 is 0 Å². The van der Waals surface area contributed by atoms with Crippen molar-refractivity contribution in [3.63, 3.8) is 0 Å². The van der Waals surface area contributed by atoms with Crippen LogP contribution in [-0.2, 0) is 13.1 Å². The summed E-state index contributed by atoms with van der Waals surface area (Å²) in [4.78, 5) is 18.7. The zero-order valence-electron chi connectivity index (χ0n) is 14.7. The fourth-order valence-electron chi connectivity index (χ4n) is 2.56. The average molecular weight is 338 g/mol. The quantitative estimate of drug-likeness (QED) is 0.750. The van der Waals surface area contributed by atoms with Gasteiger partial charge in [-0.3, -0.25) is 4.68 Å². The summed E-state index contributed by atoms with van der Waals surface area (Å²) < 4.78 is 1.76. The predicted octanol–water partition coefficient (Wildman–Crippen LogP) is 2.84. The first-order valence-corrected chi connectivity index (χ1v) is 8.20. The first kappa shape index (κ1) is 16.8. The molecule has 7 heteroatoms. The van der Waals surface area contributed by atoms with Crippen LogP contribution < -0.4 is 15.5 Å². The summed E-state index contributed by atoms with van der Waals surface area (Å²) in [6.07, 6.45) is 3.43. The fourth-order valence-corrected chi connectivity index (χ4v) is 2.56. The third kappa shape index (κ3) is 3.88. The van der Waals surface area contributed by atoms with Gasteiger partial charge in [0.1, 0.15) is 5.82 Å². The van der Waals surface area contributed by atoms with Gasteiger partial charge in [-0.25, -0.2) is 9.78 Å². The minimum absolute atomic E-state index is 0.261. The average Bonchev–Trinajstić information content (AvgIpc) is 3.06. The number of anilines is 2. The van der Waals surface area contributed by atoms with E-state index in [0.717, 1.165) is 28.8 Å². The molecule has 130 valence electrons. The van der Waals surface area contributed by atoms with Gasteiger partial charge in [-0.05, 0) is 24.6 Å². The number of carbonyl (C=O) groups excluding carboxylic acids is 1. The van der Waals surface area contributed by atoms with Gasteiger partial charge in [-0.15, -0.1) is 0 Å². The number of hydrogen-bond donors (Lipinski definition) is 2. The highest BCUT2D eigenvalue weighted by atomic mass is 16.2. The second-order valence-corrected chi connectivity index (χ2v) is 5.94. The molecule has 3 aromatic rings. The molecule has 0 aliphatic carbocycles. The van der Waals surface area contributed by atoms with Gasteiger partial charge < -0.3 is 15.5 Å². The second kappa shape index (κ2) is 7.21. The van der Waals surface area contributed by atoms with Crippen molar-refractivity contribution in [1.82, 2.24) is 20.1 Å². The Labute approximate surface area is 146 Å². The number of amides is 2. The Bertz CT molecular complexity index is 886. The van der Waals surface area contributed by atoms with E-state index in [1.807, 2.05) is 56.3 Å². The molecule has 0 aliphatic rings. The fraction of sp³-hybridized carbons (Fsp3) is 0.278. The van der Waals surface area contributed by atoms with Crippen LogP contribution in [0.25, 0.3) is 10.9 Å². The van der Waals surface area contributed by atoms with Gasteiger partial charge in [0.2, 0.25) is 0 Å². The number of aromatic nitrogens is 3. The van der Waals surface area contributed by atoms with E-state index in [0.29, 0.717) is 12.2 Å². The van der Waals surface area contributed by atoms with E-state index in [-0.39, 0.29) is 6.03 Å². The summed E-state index contributed by atoms with van der Waals surface area (Å²) in [6, 6.07) is 9.67. The van der Waals surface area contributed by atoms with Crippen LogP contribution in [0.2, 0.25) is 0 Å². The molecule has 2 amide bonds. The van der Waals surface area contributed by atoms with Gasteiger partial charge in [0, 0.05) is 38.8 Å². The van der Waals surface area contributed by atoms with Crippen LogP contribution in [0, 0.1) is 0 Å². The molecule has 7 nitrogen and oxygen atoms in total. The summed E-state index contributed by atoms with van der Waals surface area (Å²) in [5, 5.41) is 10.9. The van der Waals surface area contributed by atoms with E-state index in [1.54, 1.807) is 17.1 Å². The SMILES string of the molecule is CCn1cc(NC(=O)NCc2cc(N(C)C)nc3ccccc23)cn1. The normalized spacial score (nSPS) is 10.7. The van der Waals surface area contributed by atoms with E-state index in [9.17, 15) is 4.79 Å². The molecule has 2 heterocycles. The Morgan fingerprint density at radius 2 is 2.08 bits per heavy atom. The van der Waals surface area contributed by atoms with Crippen molar-refractivity contribution >= 4 is 28.4 Å². The van der Waals surface area contributed by atoms with Crippen molar-refractivity contribution in [1.29, 1.82) is 0 Å². The molecule has 2 aromatic heterocycles. The van der Waals surface area contributed by atoms with Crippen LogP contribution in [-0.4, -0.2) is 34.9 Å². The van der Waals surface area contributed by atoms with Gasteiger partial charge in [0.25, 0.3) is 0 Å². The number of benzene rings is 1. The van der Waals surface area contributed by atoms with E-state index in [2.05, 4.69) is 20.7 Å². The molecule has 0 saturated heterocycles. The molecule has 0 atom stereocenters. The molecule has 2 N–H and O–H groups in total. The lowest BCUT2D eigenvalue weighted by Crippen LogP contribution is -2.28. The molecule has 0 spiro atoms. The van der Waals surface area contributed by atoms with E-state index < -0.39 is 0 Å². The third-order valence-corrected chi connectivity index (χ3v) is 3.90. The minimum Gasteiger partial charge on any atom is -0.363 e. The van der Waals surface area contributed by atoms with Crippen molar-refractivity contribution in [2.75, 3.05) is 24.3 Å². The number of para-hydroxylation sites is 1. The van der Waals surface area contributed by atoms with Crippen molar-refractivity contribution in [2.45, 2.75) is 20.0 Å². The van der Waals surface area contributed by atoms with Crippen LogP contribution in [0.3, 0.4) is 0 Å². The van der Waals surface area contributed by atoms with Crippen molar-refractivity contribution in [3.05, 3.63) is 48.3 Å². The van der Waals surface area contributed by atoms with Gasteiger partial charge in [-0.2, -0.15) is 5.10 Å². The highest BCUT2D eigenvalue weighted by Gasteiger charge is 2.09. The van der Waals surface area contributed by atoms with E-state index in [1.165, 1.54) is 0 Å². The molecule has 1 aromatic carbocycles. The van der Waals surface area contributed by atoms with Crippen LogP contribution in [0.4, 0.5) is 16.3 Å². The Hall–Kier alpha value is -3.09. The molecule has 25 heavy (non-hydrogen) atoms. The van der Waals surface area contributed by atoms with Crippen LogP contribution >= 0.6 is 0 Å². The third-order valence-electron chi connectivity index (χ3n) is 3.90. The standard InChI is InChI=1S/C18H22N6O/c1-4-24-12-14(11-20-24)21-18(25)19-10-13-9-17(23(2)3)22-16-8-6-5-7-15(13)16/h5-9,11-12H,4,10H2,1-3H3,(H2,19,21,25). The summed E-state index contributed by atoms with van der Waals surface area (Å²) in [6.45, 7) is 3.17. The van der Waals surface area contributed by atoms with Crippen LogP contribution in [0.5, 0.6) is 0 Å². The van der Waals surface area contributed by atoms with Crippen molar-refractivity contribution in [2.24, 2.45) is 0 Å². The zero-order valence-corrected chi connectivity index (χ0v) is 14.7. The number of pyridine rings is 1. The van der Waals surface area contributed by atoms with Gasteiger partial charge >= 0.3 is 6.03 Å². The highest BCUT2D eigenvalue weighted by Crippen LogP contribution is 2.22. The van der Waals surface area contributed by atoms with Crippen molar-refractivity contribution in [3.8, 4) is 0 Å². The van der Waals surface area contributed by atoms with Gasteiger partial charge in [0.05, 0.1) is 17.4 Å². The maximum Gasteiger partial charge on any atom is 0.319 e. The molecule has 0 aliphatic heterocycles. The van der Waals surface area contributed by atoms with Crippen LogP contribution in [0.15, 0.2) is 42.7 Å². The Kier molecular flexibility index (Phi) is 4.83. The first-order valence-electron chi connectivity index (χ1n) is 8.20. The number of rotatable bonds is 5. The summed E-state index contributed by atoms with van der Waals surface area (Å²) >= 11 is 0. The number of nitrogens with zero attached hydrogens (tertiary/aromatic N) is 4. The topological polar surface area (TPSA) is 75.1 Å². The minimum atomic E-state index is -0.261. The maximum atomic E-state index is 12.2. The molecule has 0 bridgehead atoms. The second-order valence-electron chi connectivity index (χ2n) is 5.94. The number of hydrogen-bond acceptors (Lipinski definition) is 4. The first-order chi connectivity index (χ1) is 12.1. The lowest BCUT2D eigenvalue weighted by Gasteiger charge is -2.15. The Balaban J connectivity index is 1.74. The van der Waals surface area contributed by atoms with Gasteiger partial charge in [-0.1, -0.05) is 18.2 Å². The number of urea groups is 1. The molecular formula is C18H22N6O. The molecule has 0 fully saturated rings. The smallest absolute Gasteiger partial charge is 0.319 e. The monoisotopic (exact) mass is 338 g/mol. The van der Waals surface area contributed by atoms with E-state index in [4.69, 9.17) is 0 Å². The number of aryl methyl sites for hydroxylation is 1. The lowest BCUT2D eigenvalue weighted by atomic mass is 10.1. The Morgan fingerprint density at radius 3 is 2.80 bits per heavy atom. The molecule has 0 unspecified atom stereocenters. The zero-order chi connectivity index (χ0) is 17.8. The number of carbonyl (C=O) groups is 1. The Morgan fingerprint density at radius 1 is 1.28 bits per heavy atom.